The highest BCUT2D eigenvalue weighted by atomic mass is 32.2. The van der Waals surface area contributed by atoms with E-state index in [9.17, 15) is 8.42 Å². The number of aromatic nitrogens is 4. The summed E-state index contributed by atoms with van der Waals surface area (Å²) in [6.07, 6.45) is 6.67. The van der Waals surface area contributed by atoms with Crippen molar-refractivity contribution in [3.8, 4) is 0 Å². The van der Waals surface area contributed by atoms with Crippen molar-refractivity contribution in [2.24, 2.45) is 13.0 Å². The number of aryl methyl sites for hydroxylation is 1. The molecule has 1 atom stereocenters. The Labute approximate surface area is 136 Å². The average molecular weight is 338 g/mol. The topological polar surface area (TPSA) is 76.3 Å². The first-order valence-electron chi connectivity index (χ1n) is 7.49. The normalized spacial score (nSPS) is 19.7. The van der Waals surface area contributed by atoms with Crippen molar-refractivity contribution < 1.29 is 8.42 Å². The van der Waals surface area contributed by atoms with Gasteiger partial charge in [0, 0.05) is 51.2 Å². The monoisotopic (exact) mass is 338 g/mol. The third kappa shape index (κ3) is 3.31. The summed E-state index contributed by atoms with van der Waals surface area (Å²) < 4.78 is 31.0. The predicted molar refractivity (Wildman–Crippen MR) is 85.1 cm³/mol. The Morgan fingerprint density at radius 2 is 2.09 bits per heavy atom. The van der Waals surface area contributed by atoms with Crippen molar-refractivity contribution >= 4 is 10.0 Å². The minimum atomic E-state index is -3.62. The first kappa shape index (κ1) is 16.2. The van der Waals surface area contributed by atoms with Gasteiger partial charge >= 0.3 is 0 Å². The van der Waals surface area contributed by atoms with E-state index in [4.69, 9.17) is 0 Å². The van der Waals surface area contributed by atoms with Gasteiger partial charge in [-0.15, -0.1) is 0 Å². The summed E-state index contributed by atoms with van der Waals surface area (Å²) in [6.45, 7) is 2.31. The molecule has 1 aliphatic heterocycles. The van der Waals surface area contributed by atoms with E-state index in [2.05, 4.69) is 14.9 Å². The third-order valence-electron chi connectivity index (χ3n) is 3.94. The van der Waals surface area contributed by atoms with E-state index in [0.29, 0.717) is 6.54 Å². The van der Waals surface area contributed by atoms with Gasteiger partial charge in [-0.2, -0.15) is 4.31 Å². The highest BCUT2D eigenvalue weighted by Gasteiger charge is 2.33. The number of hydrogen-bond donors (Lipinski definition) is 0. The van der Waals surface area contributed by atoms with E-state index in [1.807, 2.05) is 24.9 Å². The quantitative estimate of drug-likeness (QED) is 0.784. The number of rotatable bonds is 4. The molecule has 0 amide bonds. The van der Waals surface area contributed by atoms with Crippen LogP contribution in [0.15, 0.2) is 29.9 Å². The van der Waals surface area contributed by atoms with Gasteiger partial charge in [0.15, 0.2) is 5.03 Å². The van der Waals surface area contributed by atoms with E-state index >= 15 is 0 Å². The Balaban J connectivity index is 1.94. The van der Waals surface area contributed by atoms with Crippen LogP contribution in [0, 0.1) is 5.92 Å². The highest BCUT2D eigenvalue weighted by molar-refractivity contribution is 7.89. The van der Waals surface area contributed by atoms with Gasteiger partial charge in [0.05, 0.1) is 12.9 Å². The maximum Gasteiger partial charge on any atom is 0.262 e. The van der Waals surface area contributed by atoms with E-state index in [1.54, 1.807) is 17.8 Å². The van der Waals surface area contributed by atoms with Crippen LogP contribution in [0.4, 0.5) is 0 Å². The fourth-order valence-corrected chi connectivity index (χ4v) is 4.41. The molecule has 9 heteroatoms. The highest BCUT2D eigenvalue weighted by Crippen LogP contribution is 2.22. The van der Waals surface area contributed by atoms with Crippen LogP contribution >= 0.6 is 0 Å². The summed E-state index contributed by atoms with van der Waals surface area (Å²) in [5, 5.41) is 0.0867. The van der Waals surface area contributed by atoms with Crippen LogP contribution < -0.4 is 0 Å². The lowest BCUT2D eigenvalue weighted by atomic mass is 10.1. The van der Waals surface area contributed by atoms with Crippen molar-refractivity contribution in [1.82, 2.24) is 28.3 Å². The van der Waals surface area contributed by atoms with Crippen LogP contribution in [-0.4, -0.2) is 63.9 Å². The van der Waals surface area contributed by atoms with Crippen LogP contribution in [0.5, 0.6) is 0 Å². The lowest BCUT2D eigenvalue weighted by Gasteiger charge is -2.24. The van der Waals surface area contributed by atoms with Crippen LogP contribution in [-0.2, 0) is 30.2 Å². The molecular weight excluding hydrogens is 316 g/mol. The number of fused-ring (bicyclic) bond motifs is 1. The summed E-state index contributed by atoms with van der Waals surface area (Å²) in [7, 11) is 2.13. The van der Waals surface area contributed by atoms with Gasteiger partial charge < -0.3 is 14.0 Å². The maximum absolute atomic E-state index is 12.9. The van der Waals surface area contributed by atoms with Crippen LogP contribution in [0.3, 0.4) is 0 Å². The number of imidazole rings is 2. The third-order valence-corrected chi connectivity index (χ3v) is 5.64. The molecule has 0 aliphatic carbocycles. The van der Waals surface area contributed by atoms with Gasteiger partial charge in [-0.1, -0.05) is 0 Å². The molecule has 0 radical (unpaired) electrons. The molecule has 0 N–H and O–H groups in total. The molecule has 0 fully saturated rings. The van der Waals surface area contributed by atoms with Crippen LogP contribution in [0.1, 0.15) is 5.82 Å². The molecule has 2 aromatic heterocycles. The molecule has 0 saturated heterocycles. The Kier molecular flexibility index (Phi) is 4.26. The largest absolute Gasteiger partial charge is 0.339 e. The second-order valence-electron chi connectivity index (χ2n) is 6.30. The molecule has 0 saturated carbocycles. The minimum Gasteiger partial charge on any atom is -0.339 e. The first-order valence-corrected chi connectivity index (χ1v) is 8.93. The van der Waals surface area contributed by atoms with E-state index in [1.165, 1.54) is 16.8 Å². The molecular formula is C14H22N6O2S. The molecule has 1 aliphatic rings. The zero-order chi connectivity index (χ0) is 16.6. The molecule has 0 unspecified atom stereocenters. The van der Waals surface area contributed by atoms with Gasteiger partial charge in [-0.3, -0.25) is 0 Å². The molecule has 2 aromatic rings. The molecule has 8 nitrogen and oxygen atoms in total. The summed E-state index contributed by atoms with van der Waals surface area (Å²) in [4.78, 5) is 10.4. The van der Waals surface area contributed by atoms with Gasteiger partial charge in [0.25, 0.3) is 10.0 Å². The van der Waals surface area contributed by atoms with Crippen molar-refractivity contribution in [1.29, 1.82) is 0 Å². The summed E-state index contributed by atoms with van der Waals surface area (Å²) in [6, 6.07) is 0. The Morgan fingerprint density at radius 1 is 1.30 bits per heavy atom. The number of hydrogen-bond acceptors (Lipinski definition) is 5. The zero-order valence-corrected chi connectivity index (χ0v) is 14.4. The Bertz CT molecular complexity index is 779. The van der Waals surface area contributed by atoms with Gasteiger partial charge in [0.1, 0.15) is 5.82 Å². The van der Waals surface area contributed by atoms with Gasteiger partial charge in [-0.25, -0.2) is 18.4 Å². The number of sulfonamides is 1. The van der Waals surface area contributed by atoms with Crippen LogP contribution in [0.2, 0.25) is 0 Å². The van der Waals surface area contributed by atoms with Crippen molar-refractivity contribution in [3.05, 3.63) is 30.7 Å². The van der Waals surface area contributed by atoms with E-state index < -0.39 is 10.0 Å². The zero-order valence-electron chi connectivity index (χ0n) is 13.6. The van der Waals surface area contributed by atoms with Crippen LogP contribution in [0.25, 0.3) is 0 Å². The molecule has 23 heavy (non-hydrogen) atoms. The van der Waals surface area contributed by atoms with Crippen molar-refractivity contribution in [2.75, 3.05) is 27.2 Å². The lowest BCUT2D eigenvalue weighted by molar-refractivity contribution is 0.264. The molecule has 3 rings (SSSR count). The minimum absolute atomic E-state index is 0.0867. The number of nitrogens with zero attached hydrogens (tertiary/aromatic N) is 6. The molecule has 0 spiro atoms. The SMILES string of the molecule is CN(C)C[C@@H]1CN(S(=O)(=O)c2cn(C)cn2)Cc2nccn2C1. The summed E-state index contributed by atoms with van der Waals surface area (Å²) in [5.41, 5.74) is 0. The lowest BCUT2D eigenvalue weighted by Crippen LogP contribution is -2.37. The van der Waals surface area contributed by atoms with Gasteiger partial charge in [-0.05, 0) is 14.1 Å². The molecule has 0 aromatic carbocycles. The first-order chi connectivity index (χ1) is 10.9. The second-order valence-corrected chi connectivity index (χ2v) is 8.18. The molecule has 3 heterocycles. The van der Waals surface area contributed by atoms with E-state index in [0.717, 1.165) is 18.9 Å². The standard InChI is InChI=1S/C14H22N6O2S/c1-17(2)6-12-7-19-5-4-15-13(19)9-20(8-12)23(21,22)14-10-18(3)11-16-14/h4-5,10-12H,6-9H2,1-3H3/t12-/m0/s1. The summed E-state index contributed by atoms with van der Waals surface area (Å²) >= 11 is 0. The molecule has 0 bridgehead atoms. The fraction of sp³-hybridized carbons (Fsp3) is 0.571. The van der Waals surface area contributed by atoms with Crippen molar-refractivity contribution in [3.63, 3.8) is 0 Å². The summed E-state index contributed by atoms with van der Waals surface area (Å²) in [5.74, 6) is 0.963. The molecule has 126 valence electrons. The van der Waals surface area contributed by atoms with E-state index in [-0.39, 0.29) is 17.5 Å². The maximum atomic E-state index is 12.9. The smallest absolute Gasteiger partial charge is 0.262 e. The Morgan fingerprint density at radius 3 is 2.74 bits per heavy atom. The Hall–Kier alpha value is -1.71. The predicted octanol–water partition coefficient (Wildman–Crippen LogP) is -0.00110. The van der Waals surface area contributed by atoms with Crippen molar-refractivity contribution in [2.45, 2.75) is 18.1 Å². The second kappa shape index (κ2) is 6.06. The fourth-order valence-electron chi connectivity index (χ4n) is 2.97. The van der Waals surface area contributed by atoms with Gasteiger partial charge in [0.2, 0.25) is 0 Å². The average Bonchev–Trinajstić information content (AvgIpc) is 3.04.